The maximum Gasteiger partial charge on any atom is 0.303 e. The smallest absolute Gasteiger partial charge is 0.303 e. The van der Waals surface area contributed by atoms with Crippen LogP contribution in [0.2, 0.25) is 0 Å². The maximum absolute atomic E-state index is 14.0. The lowest BCUT2D eigenvalue weighted by atomic mass is 10.1. The number of carbonyl (C=O) groups is 1. The summed E-state index contributed by atoms with van der Waals surface area (Å²) in [5, 5.41) is 5.53. The van der Waals surface area contributed by atoms with Crippen molar-refractivity contribution in [3.63, 3.8) is 0 Å². The number of aromatic nitrogens is 5. The molecule has 0 unspecified atom stereocenters. The van der Waals surface area contributed by atoms with Gasteiger partial charge in [-0.3, -0.25) is 9.78 Å². The first-order valence-electron chi connectivity index (χ1n) is 10.8. The molecule has 1 saturated heterocycles. The highest BCUT2D eigenvalue weighted by atomic mass is 19.3. The van der Waals surface area contributed by atoms with E-state index in [0.717, 1.165) is 25.4 Å². The first-order valence-corrected chi connectivity index (χ1v) is 10.8. The molecule has 0 spiro atoms. The van der Waals surface area contributed by atoms with E-state index in [-0.39, 0.29) is 12.2 Å². The molecule has 4 rings (SSSR count). The fraction of sp³-hybridized carbons (Fsp3) is 0.500. The first-order chi connectivity index (χ1) is 15.4. The second kappa shape index (κ2) is 8.29. The number of alkyl halides is 2. The highest BCUT2D eigenvalue weighted by Crippen LogP contribution is 2.33. The van der Waals surface area contributed by atoms with Crippen LogP contribution in [0.4, 0.5) is 14.6 Å². The van der Waals surface area contributed by atoms with Crippen LogP contribution in [0.1, 0.15) is 31.1 Å². The molecule has 2 N–H and O–H groups in total. The van der Waals surface area contributed by atoms with E-state index in [2.05, 4.69) is 45.8 Å². The van der Waals surface area contributed by atoms with Gasteiger partial charge in [-0.15, -0.1) is 5.10 Å². The number of hydrogen-bond acceptors (Lipinski definition) is 7. The molecular weight excluding hydrogens is 430 g/mol. The molecule has 9 nitrogen and oxygen atoms in total. The van der Waals surface area contributed by atoms with Crippen LogP contribution in [0.5, 0.6) is 0 Å². The Hall–Kier alpha value is -3.21. The molecule has 3 aromatic rings. The molecule has 11 heteroatoms. The normalized spacial score (nSPS) is 19.1. The third-order valence-corrected chi connectivity index (χ3v) is 5.94. The molecule has 0 aromatic carbocycles. The second-order valence-corrected chi connectivity index (χ2v) is 9.06. The molecular formula is C22H28F2N8O. The number of anilines is 1. The molecule has 1 aliphatic heterocycles. The minimum absolute atomic E-state index is 0.0407. The molecule has 4 heterocycles. The van der Waals surface area contributed by atoms with Gasteiger partial charge in [0, 0.05) is 44.0 Å². The van der Waals surface area contributed by atoms with Gasteiger partial charge in [-0.2, -0.15) is 8.78 Å². The van der Waals surface area contributed by atoms with Gasteiger partial charge in [-0.25, -0.2) is 14.6 Å². The summed E-state index contributed by atoms with van der Waals surface area (Å²) in [5.74, 6) is -2.95. The van der Waals surface area contributed by atoms with Crippen molar-refractivity contribution >= 4 is 22.6 Å². The molecule has 0 bridgehead atoms. The Morgan fingerprint density at radius 1 is 1.27 bits per heavy atom. The Balaban J connectivity index is 1.89. The monoisotopic (exact) mass is 458 g/mol. The molecule has 1 amide bonds. The zero-order valence-corrected chi connectivity index (χ0v) is 19.4. The van der Waals surface area contributed by atoms with Crippen LogP contribution in [0.3, 0.4) is 0 Å². The number of halogens is 2. The SMILES string of the molecule is Cc1cc(-n2nc(N3C[C@H](C)[C@@H](N(C)C)C3)c3cnc(CC(N)=O)cc32)nc(C(C)(F)F)n1. The lowest BCUT2D eigenvalue weighted by Crippen LogP contribution is -2.34. The number of amides is 1. The van der Waals surface area contributed by atoms with E-state index < -0.39 is 17.7 Å². The van der Waals surface area contributed by atoms with Crippen LogP contribution in [0.15, 0.2) is 18.3 Å². The summed E-state index contributed by atoms with van der Waals surface area (Å²) >= 11 is 0. The number of nitrogens with zero attached hydrogens (tertiary/aromatic N) is 7. The van der Waals surface area contributed by atoms with Crippen molar-refractivity contribution in [3.05, 3.63) is 35.5 Å². The van der Waals surface area contributed by atoms with Crippen molar-refractivity contribution in [2.75, 3.05) is 32.1 Å². The Labute approximate surface area is 190 Å². The van der Waals surface area contributed by atoms with Crippen LogP contribution in [-0.4, -0.2) is 68.8 Å². The third-order valence-electron chi connectivity index (χ3n) is 5.94. The molecule has 3 aromatic heterocycles. The highest BCUT2D eigenvalue weighted by molar-refractivity contribution is 5.92. The van der Waals surface area contributed by atoms with Gasteiger partial charge in [-0.1, -0.05) is 6.92 Å². The number of fused-ring (bicyclic) bond motifs is 1. The summed E-state index contributed by atoms with van der Waals surface area (Å²) in [4.78, 5) is 28.2. The largest absolute Gasteiger partial charge is 0.369 e. The summed E-state index contributed by atoms with van der Waals surface area (Å²) in [7, 11) is 4.10. The van der Waals surface area contributed by atoms with Gasteiger partial charge >= 0.3 is 5.92 Å². The van der Waals surface area contributed by atoms with Crippen molar-refractivity contribution in [1.29, 1.82) is 0 Å². The molecule has 0 saturated carbocycles. The highest BCUT2D eigenvalue weighted by Gasteiger charge is 2.34. The van der Waals surface area contributed by atoms with E-state index in [1.807, 2.05) is 0 Å². The van der Waals surface area contributed by atoms with E-state index in [4.69, 9.17) is 10.8 Å². The second-order valence-electron chi connectivity index (χ2n) is 9.06. The van der Waals surface area contributed by atoms with Gasteiger partial charge in [0.25, 0.3) is 0 Å². The Morgan fingerprint density at radius 2 is 2.00 bits per heavy atom. The number of rotatable bonds is 6. The Bertz CT molecular complexity index is 1200. The number of aryl methyl sites for hydroxylation is 1. The molecule has 176 valence electrons. The van der Waals surface area contributed by atoms with E-state index in [9.17, 15) is 13.6 Å². The number of hydrogen-bond donors (Lipinski definition) is 1. The van der Waals surface area contributed by atoms with Crippen LogP contribution in [0, 0.1) is 12.8 Å². The maximum atomic E-state index is 14.0. The van der Waals surface area contributed by atoms with E-state index in [1.165, 1.54) is 4.68 Å². The Morgan fingerprint density at radius 3 is 2.61 bits per heavy atom. The van der Waals surface area contributed by atoms with Gasteiger partial charge in [0.2, 0.25) is 11.7 Å². The minimum atomic E-state index is -3.20. The topological polar surface area (TPSA) is 106 Å². The Kier molecular flexibility index (Phi) is 5.77. The fourth-order valence-corrected chi connectivity index (χ4v) is 4.37. The third kappa shape index (κ3) is 4.50. The lowest BCUT2D eigenvalue weighted by Gasteiger charge is -2.22. The van der Waals surface area contributed by atoms with Gasteiger partial charge < -0.3 is 15.5 Å². The van der Waals surface area contributed by atoms with Crippen molar-refractivity contribution in [2.45, 2.75) is 39.2 Å². The van der Waals surface area contributed by atoms with Crippen molar-refractivity contribution < 1.29 is 13.6 Å². The first kappa shape index (κ1) is 23.0. The number of carbonyl (C=O) groups excluding carboxylic acids is 1. The van der Waals surface area contributed by atoms with Crippen LogP contribution in [-0.2, 0) is 17.1 Å². The van der Waals surface area contributed by atoms with Gasteiger partial charge in [0.15, 0.2) is 11.6 Å². The lowest BCUT2D eigenvalue weighted by molar-refractivity contribution is -0.117. The minimum Gasteiger partial charge on any atom is -0.369 e. The predicted octanol–water partition coefficient (Wildman–Crippen LogP) is 2.04. The predicted molar refractivity (Wildman–Crippen MR) is 121 cm³/mol. The quantitative estimate of drug-likeness (QED) is 0.603. The fourth-order valence-electron chi connectivity index (χ4n) is 4.37. The zero-order valence-electron chi connectivity index (χ0n) is 19.4. The van der Waals surface area contributed by atoms with E-state index in [0.29, 0.717) is 34.7 Å². The number of likely N-dealkylation sites (N-methyl/N-ethyl adjacent to an activating group) is 1. The van der Waals surface area contributed by atoms with E-state index >= 15 is 0 Å². The van der Waals surface area contributed by atoms with Crippen LogP contribution >= 0.6 is 0 Å². The summed E-state index contributed by atoms with van der Waals surface area (Å²) < 4.78 is 29.6. The molecule has 1 fully saturated rings. The summed E-state index contributed by atoms with van der Waals surface area (Å²) in [6.07, 6.45) is 1.62. The molecule has 0 aliphatic carbocycles. The number of nitrogens with two attached hydrogens (primary N) is 1. The number of pyridine rings is 1. The summed E-state index contributed by atoms with van der Waals surface area (Å²) in [5.41, 5.74) is 6.83. The van der Waals surface area contributed by atoms with Crippen LogP contribution < -0.4 is 10.6 Å². The van der Waals surface area contributed by atoms with Crippen molar-refractivity contribution in [2.24, 2.45) is 11.7 Å². The average molecular weight is 459 g/mol. The van der Waals surface area contributed by atoms with Gasteiger partial charge in [0.1, 0.15) is 0 Å². The molecule has 33 heavy (non-hydrogen) atoms. The van der Waals surface area contributed by atoms with Crippen molar-refractivity contribution in [3.8, 4) is 5.82 Å². The standard InChI is InChI=1S/C22H28F2N8O/c1-12-10-31(11-17(12)30(4)5)20-15-9-26-14(8-18(25)33)7-16(15)32(29-20)19-6-13(2)27-21(28-19)22(3,23)24/h6-7,9,12,17H,8,10-11H2,1-5H3,(H2,25,33)/t12-,17-/m0/s1. The average Bonchev–Trinajstić information content (AvgIpc) is 3.26. The van der Waals surface area contributed by atoms with Gasteiger partial charge in [-0.05, 0) is 33.0 Å². The summed E-state index contributed by atoms with van der Waals surface area (Å²) in [6.45, 7) is 6.15. The zero-order chi connectivity index (χ0) is 24.1. The molecule has 0 radical (unpaired) electrons. The molecule has 2 atom stereocenters. The van der Waals surface area contributed by atoms with Gasteiger partial charge in [0.05, 0.1) is 23.0 Å². The van der Waals surface area contributed by atoms with Crippen molar-refractivity contribution in [1.82, 2.24) is 29.6 Å². The summed E-state index contributed by atoms with van der Waals surface area (Å²) in [6, 6.07) is 3.66. The molecule has 1 aliphatic rings. The number of primary amides is 1. The van der Waals surface area contributed by atoms with Crippen LogP contribution in [0.25, 0.3) is 16.7 Å². The van der Waals surface area contributed by atoms with E-state index in [1.54, 1.807) is 25.3 Å².